The maximum absolute atomic E-state index is 12.2. The fourth-order valence-corrected chi connectivity index (χ4v) is 2.65. The van der Waals surface area contributed by atoms with Crippen LogP contribution in [0.25, 0.3) is 22.5 Å². The minimum Gasteiger partial charge on any atom is -0.421 e. The summed E-state index contributed by atoms with van der Waals surface area (Å²) in [6, 6.07) is 14.7. The van der Waals surface area contributed by atoms with E-state index in [4.69, 9.17) is 4.42 Å². The third-order valence-electron chi connectivity index (χ3n) is 3.88. The average Bonchev–Trinajstić information content (AvgIpc) is 3.27. The number of amides is 1. The Morgan fingerprint density at radius 3 is 2.73 bits per heavy atom. The maximum Gasteiger partial charge on any atom is 0.323 e. The first-order valence-corrected chi connectivity index (χ1v) is 8.08. The Labute approximate surface area is 147 Å². The Morgan fingerprint density at radius 2 is 1.88 bits per heavy atom. The van der Waals surface area contributed by atoms with Crippen molar-refractivity contribution in [3.05, 3.63) is 64.9 Å². The van der Waals surface area contributed by atoms with E-state index in [2.05, 4.69) is 25.5 Å². The van der Waals surface area contributed by atoms with Crippen LogP contribution < -0.4 is 11.0 Å². The first kappa shape index (κ1) is 15.8. The van der Waals surface area contributed by atoms with Crippen LogP contribution in [-0.2, 0) is 11.2 Å². The molecular weight excluding hydrogens is 334 g/mol. The summed E-state index contributed by atoms with van der Waals surface area (Å²) in [6.07, 6.45) is 0.507. The number of carbonyl (C=O) groups is 1. The highest BCUT2D eigenvalue weighted by Crippen LogP contribution is 2.20. The molecule has 2 aromatic carbocycles. The van der Waals surface area contributed by atoms with E-state index in [1.807, 2.05) is 30.3 Å². The lowest BCUT2D eigenvalue weighted by Gasteiger charge is -2.05. The molecule has 2 heterocycles. The second-order valence-electron chi connectivity index (χ2n) is 5.72. The van der Waals surface area contributed by atoms with Crippen LogP contribution in [0, 0.1) is 0 Å². The number of benzene rings is 2. The van der Waals surface area contributed by atoms with Gasteiger partial charge in [0.25, 0.3) is 0 Å². The molecule has 8 nitrogen and oxygen atoms in total. The summed E-state index contributed by atoms with van der Waals surface area (Å²) in [6.45, 7) is 0. The third kappa shape index (κ3) is 3.25. The molecule has 4 aromatic rings. The molecule has 0 unspecified atom stereocenters. The van der Waals surface area contributed by atoms with E-state index in [1.54, 1.807) is 18.2 Å². The van der Waals surface area contributed by atoms with Gasteiger partial charge in [0.1, 0.15) is 0 Å². The Hall–Kier alpha value is -3.68. The predicted molar refractivity (Wildman–Crippen MR) is 95.6 cm³/mol. The number of para-hydroxylation sites is 1. The van der Waals surface area contributed by atoms with Crippen molar-refractivity contribution in [3.8, 4) is 11.5 Å². The number of hydrogen-bond donors (Lipinski definition) is 3. The predicted octanol–water partition coefficient (Wildman–Crippen LogP) is 2.48. The molecule has 0 aliphatic rings. The highest BCUT2D eigenvalue weighted by molar-refractivity contribution is 5.99. The fraction of sp³-hybridized carbons (Fsp3) is 0.111. The smallest absolute Gasteiger partial charge is 0.323 e. The molecule has 0 atom stereocenters. The Morgan fingerprint density at radius 1 is 1.04 bits per heavy atom. The fourth-order valence-electron chi connectivity index (χ4n) is 2.65. The number of hydrogen-bond acceptors (Lipinski definition) is 5. The van der Waals surface area contributed by atoms with Crippen LogP contribution in [0.3, 0.4) is 0 Å². The standard InChI is InChI=1S/C18H15N5O3/c24-14(19-12-7-4-8-13-16(12)21-18(25)20-13)9-10-15-22-23-17(26-15)11-5-2-1-3-6-11/h1-8H,9-10H2,(H,19,24)(H2,20,21,25). The summed E-state index contributed by atoms with van der Waals surface area (Å²) < 4.78 is 5.59. The number of nitrogens with zero attached hydrogens (tertiary/aromatic N) is 2. The SMILES string of the molecule is O=C(CCc1nnc(-c2ccccc2)o1)Nc1cccc2[nH]c(=O)[nH]c12. The van der Waals surface area contributed by atoms with Crippen LogP contribution in [-0.4, -0.2) is 26.1 Å². The number of anilines is 1. The molecule has 0 saturated heterocycles. The molecule has 8 heteroatoms. The third-order valence-corrected chi connectivity index (χ3v) is 3.88. The summed E-state index contributed by atoms with van der Waals surface area (Å²) in [5, 5.41) is 10.8. The van der Waals surface area contributed by atoms with Crippen molar-refractivity contribution in [2.75, 3.05) is 5.32 Å². The zero-order valence-corrected chi connectivity index (χ0v) is 13.7. The van der Waals surface area contributed by atoms with Gasteiger partial charge < -0.3 is 19.7 Å². The van der Waals surface area contributed by atoms with E-state index in [0.717, 1.165) is 5.56 Å². The van der Waals surface area contributed by atoms with E-state index in [1.165, 1.54) is 0 Å². The topological polar surface area (TPSA) is 117 Å². The molecule has 2 aromatic heterocycles. The molecule has 0 aliphatic carbocycles. The average molecular weight is 349 g/mol. The van der Waals surface area contributed by atoms with Gasteiger partial charge >= 0.3 is 5.69 Å². The molecule has 1 amide bonds. The number of aromatic amines is 2. The van der Waals surface area contributed by atoms with Gasteiger partial charge in [-0.1, -0.05) is 24.3 Å². The molecule has 130 valence electrons. The molecule has 0 aliphatic heterocycles. The number of carbonyl (C=O) groups excluding carboxylic acids is 1. The number of H-pyrrole nitrogens is 2. The largest absolute Gasteiger partial charge is 0.421 e. The Balaban J connectivity index is 1.41. The van der Waals surface area contributed by atoms with Gasteiger partial charge in [-0.05, 0) is 24.3 Å². The summed E-state index contributed by atoms with van der Waals surface area (Å²) >= 11 is 0. The van der Waals surface area contributed by atoms with Gasteiger partial charge in [0.05, 0.1) is 16.7 Å². The van der Waals surface area contributed by atoms with Crippen LogP contribution in [0.4, 0.5) is 5.69 Å². The van der Waals surface area contributed by atoms with Gasteiger partial charge in [-0.3, -0.25) is 4.79 Å². The van der Waals surface area contributed by atoms with E-state index in [0.29, 0.717) is 34.9 Å². The molecule has 3 N–H and O–H groups in total. The van der Waals surface area contributed by atoms with Gasteiger partial charge in [-0.2, -0.15) is 0 Å². The van der Waals surface area contributed by atoms with Crippen molar-refractivity contribution in [2.45, 2.75) is 12.8 Å². The molecule has 0 fully saturated rings. The first-order chi connectivity index (χ1) is 12.7. The first-order valence-electron chi connectivity index (χ1n) is 8.08. The van der Waals surface area contributed by atoms with Gasteiger partial charge in [0.15, 0.2) is 0 Å². The zero-order valence-electron chi connectivity index (χ0n) is 13.7. The van der Waals surface area contributed by atoms with Crippen LogP contribution in [0.2, 0.25) is 0 Å². The van der Waals surface area contributed by atoms with E-state index in [-0.39, 0.29) is 18.0 Å². The normalized spacial score (nSPS) is 10.9. The second kappa shape index (κ2) is 6.67. The lowest BCUT2D eigenvalue weighted by atomic mass is 10.2. The monoisotopic (exact) mass is 349 g/mol. The zero-order chi connectivity index (χ0) is 17.9. The summed E-state index contributed by atoms with van der Waals surface area (Å²) in [5.74, 6) is 0.613. The number of nitrogens with one attached hydrogen (secondary N) is 3. The van der Waals surface area contributed by atoms with Crippen molar-refractivity contribution in [1.29, 1.82) is 0 Å². The minimum absolute atomic E-state index is 0.182. The lowest BCUT2D eigenvalue weighted by molar-refractivity contribution is -0.116. The van der Waals surface area contributed by atoms with Crippen molar-refractivity contribution >= 4 is 22.6 Å². The van der Waals surface area contributed by atoms with Crippen LogP contribution in [0.5, 0.6) is 0 Å². The number of aromatic nitrogens is 4. The Bertz CT molecular complexity index is 1110. The summed E-state index contributed by atoms with van der Waals surface area (Å²) in [7, 11) is 0. The molecule has 4 rings (SSSR count). The van der Waals surface area contributed by atoms with Gasteiger partial charge in [-0.15, -0.1) is 10.2 Å². The van der Waals surface area contributed by atoms with E-state index in [9.17, 15) is 9.59 Å². The summed E-state index contributed by atoms with van der Waals surface area (Å²) in [5.41, 5.74) is 2.26. The second-order valence-corrected chi connectivity index (χ2v) is 5.72. The van der Waals surface area contributed by atoms with Crippen molar-refractivity contribution in [1.82, 2.24) is 20.2 Å². The highest BCUT2D eigenvalue weighted by atomic mass is 16.4. The Kier molecular flexibility index (Phi) is 4.06. The van der Waals surface area contributed by atoms with E-state index >= 15 is 0 Å². The molecule has 0 saturated carbocycles. The molecule has 0 bridgehead atoms. The van der Waals surface area contributed by atoms with E-state index < -0.39 is 0 Å². The van der Waals surface area contributed by atoms with Gasteiger partial charge in [-0.25, -0.2) is 4.79 Å². The van der Waals surface area contributed by atoms with Crippen LogP contribution >= 0.6 is 0 Å². The molecular formula is C18H15N5O3. The molecule has 0 spiro atoms. The number of rotatable bonds is 5. The van der Waals surface area contributed by atoms with Gasteiger partial charge in [0, 0.05) is 18.4 Å². The van der Waals surface area contributed by atoms with Crippen molar-refractivity contribution in [3.63, 3.8) is 0 Å². The molecule has 0 radical (unpaired) electrons. The van der Waals surface area contributed by atoms with Crippen molar-refractivity contribution < 1.29 is 9.21 Å². The minimum atomic E-state index is -0.319. The summed E-state index contributed by atoms with van der Waals surface area (Å²) in [4.78, 5) is 28.9. The molecule has 26 heavy (non-hydrogen) atoms. The maximum atomic E-state index is 12.2. The van der Waals surface area contributed by atoms with Crippen LogP contribution in [0.15, 0.2) is 57.7 Å². The van der Waals surface area contributed by atoms with Crippen LogP contribution in [0.1, 0.15) is 12.3 Å². The van der Waals surface area contributed by atoms with Gasteiger partial charge in [0.2, 0.25) is 17.7 Å². The number of fused-ring (bicyclic) bond motifs is 1. The number of imidazole rings is 1. The van der Waals surface area contributed by atoms with Crippen molar-refractivity contribution in [2.24, 2.45) is 0 Å². The lowest BCUT2D eigenvalue weighted by Crippen LogP contribution is -2.13. The quantitative estimate of drug-likeness (QED) is 0.512. The number of aryl methyl sites for hydroxylation is 1. The highest BCUT2D eigenvalue weighted by Gasteiger charge is 2.12.